The van der Waals surface area contributed by atoms with Crippen LogP contribution in [0.2, 0.25) is 0 Å². The highest BCUT2D eigenvalue weighted by Gasteiger charge is 2.03. The Morgan fingerprint density at radius 1 is 0.800 bits per heavy atom. The quantitative estimate of drug-likeness (QED) is 0.140. The minimum atomic E-state index is -0.337. The van der Waals surface area contributed by atoms with Gasteiger partial charge in [-0.1, -0.05) is 63.6 Å². The molecule has 0 aliphatic heterocycles. The van der Waals surface area contributed by atoms with Gasteiger partial charge in [0.15, 0.2) is 0 Å². The van der Waals surface area contributed by atoms with Crippen LogP contribution < -0.4 is 15.8 Å². The van der Waals surface area contributed by atoms with Gasteiger partial charge >= 0.3 is 0 Å². The third kappa shape index (κ3) is 9.08. The summed E-state index contributed by atoms with van der Waals surface area (Å²) >= 11 is 0. The minimum Gasteiger partial charge on any atom is -0.378 e. The van der Waals surface area contributed by atoms with E-state index in [0.717, 1.165) is 29.0 Å². The Morgan fingerprint density at radius 2 is 1.49 bits per heavy atom. The van der Waals surface area contributed by atoms with Gasteiger partial charge in [-0.15, -0.1) is 0 Å². The molecule has 0 aliphatic carbocycles. The number of nitrogens with zero attached hydrogens (tertiary/aromatic N) is 2. The third-order valence-corrected chi connectivity index (χ3v) is 6.09. The predicted octanol–water partition coefficient (Wildman–Crippen LogP) is 8.37. The van der Waals surface area contributed by atoms with Crippen LogP contribution in [-0.2, 0) is 6.42 Å². The fourth-order valence-electron chi connectivity index (χ4n) is 3.88. The maximum atomic E-state index is 14.6. The number of unbranched alkanes of at least 4 members (excludes halogenated alkanes) is 6. The first-order chi connectivity index (χ1) is 17.0. The number of hydrazine groups is 1. The molecule has 0 fully saturated rings. The van der Waals surface area contributed by atoms with Crippen LogP contribution in [0.4, 0.5) is 27.1 Å². The summed E-state index contributed by atoms with van der Waals surface area (Å²) in [6, 6.07) is 21.3. The highest BCUT2D eigenvalue weighted by molar-refractivity contribution is 5.82. The van der Waals surface area contributed by atoms with Crippen molar-refractivity contribution in [2.24, 2.45) is 4.99 Å². The Bertz CT molecular complexity index is 1040. The number of aryl methyl sites for hydroxylation is 1. The van der Waals surface area contributed by atoms with E-state index in [0.29, 0.717) is 5.69 Å². The summed E-state index contributed by atoms with van der Waals surface area (Å²) in [4.78, 5) is 6.54. The molecule has 2 N–H and O–H groups in total. The zero-order chi connectivity index (χ0) is 24.9. The van der Waals surface area contributed by atoms with Crippen molar-refractivity contribution >= 4 is 29.0 Å². The second-order valence-corrected chi connectivity index (χ2v) is 9.23. The first kappa shape index (κ1) is 26.3. The van der Waals surface area contributed by atoms with Crippen molar-refractivity contribution in [1.82, 2.24) is 0 Å². The molecular weight excluding hydrogens is 435 g/mol. The molecular formula is C30H39FN4. The fourth-order valence-corrected chi connectivity index (χ4v) is 3.88. The summed E-state index contributed by atoms with van der Waals surface area (Å²) < 4.78 is 14.6. The Kier molecular flexibility index (Phi) is 10.6. The molecule has 0 amide bonds. The lowest BCUT2D eigenvalue weighted by atomic mass is 10.0. The van der Waals surface area contributed by atoms with Crippen molar-refractivity contribution in [3.63, 3.8) is 0 Å². The molecule has 0 saturated heterocycles. The number of aliphatic imine (C=N–C) groups is 1. The molecule has 35 heavy (non-hydrogen) atoms. The molecule has 0 aromatic heterocycles. The maximum Gasteiger partial charge on any atom is 0.148 e. The van der Waals surface area contributed by atoms with E-state index in [2.05, 4.69) is 34.9 Å². The van der Waals surface area contributed by atoms with E-state index in [4.69, 9.17) is 0 Å². The van der Waals surface area contributed by atoms with Gasteiger partial charge in [-0.2, -0.15) is 0 Å². The molecule has 0 radical (unpaired) electrons. The van der Waals surface area contributed by atoms with E-state index in [1.165, 1.54) is 56.6 Å². The smallest absolute Gasteiger partial charge is 0.148 e. The van der Waals surface area contributed by atoms with E-state index >= 15 is 0 Å². The van der Waals surface area contributed by atoms with E-state index in [1.807, 2.05) is 61.5 Å². The molecule has 0 bridgehead atoms. The van der Waals surface area contributed by atoms with Crippen LogP contribution in [0.5, 0.6) is 0 Å². The summed E-state index contributed by atoms with van der Waals surface area (Å²) in [6.45, 7) is 2.26. The van der Waals surface area contributed by atoms with Crippen molar-refractivity contribution in [3.8, 4) is 0 Å². The average molecular weight is 475 g/mol. The normalized spacial score (nSPS) is 11.1. The number of rotatable bonds is 14. The standard InChI is InChI=1S/C30H39FN4/c1-4-5-6-7-8-9-10-11-24-12-15-26(16-13-24)32-23-25-14-21-30(29(31)22-25)34-33-27-17-19-28(20-18-27)35(2)3/h12-23,33-34H,4-11H2,1-3H3. The maximum absolute atomic E-state index is 14.6. The molecule has 0 atom stereocenters. The van der Waals surface area contributed by atoms with Crippen LogP contribution in [0.3, 0.4) is 0 Å². The molecule has 0 heterocycles. The van der Waals surface area contributed by atoms with Gasteiger partial charge in [0, 0.05) is 26.0 Å². The molecule has 3 aromatic carbocycles. The number of hydrogen-bond donors (Lipinski definition) is 2. The minimum absolute atomic E-state index is 0.337. The zero-order valence-corrected chi connectivity index (χ0v) is 21.4. The highest BCUT2D eigenvalue weighted by Crippen LogP contribution is 2.20. The number of halogens is 1. The van der Waals surface area contributed by atoms with Gasteiger partial charge in [0.05, 0.1) is 17.1 Å². The predicted molar refractivity (Wildman–Crippen MR) is 150 cm³/mol. The van der Waals surface area contributed by atoms with Crippen molar-refractivity contribution in [3.05, 3.63) is 83.7 Å². The molecule has 3 rings (SSSR count). The van der Waals surface area contributed by atoms with E-state index in [9.17, 15) is 4.39 Å². The molecule has 0 spiro atoms. The van der Waals surface area contributed by atoms with Gasteiger partial charge < -0.3 is 10.3 Å². The van der Waals surface area contributed by atoms with Crippen LogP contribution in [0.1, 0.15) is 63.0 Å². The Labute approximate surface area is 210 Å². The summed E-state index contributed by atoms with van der Waals surface area (Å²) in [5.41, 5.74) is 11.3. The fraction of sp³-hybridized carbons (Fsp3) is 0.367. The van der Waals surface area contributed by atoms with Crippen LogP contribution >= 0.6 is 0 Å². The second-order valence-electron chi connectivity index (χ2n) is 9.23. The van der Waals surface area contributed by atoms with Gasteiger partial charge in [-0.3, -0.25) is 10.4 Å². The highest BCUT2D eigenvalue weighted by atomic mass is 19.1. The van der Waals surface area contributed by atoms with E-state index in [1.54, 1.807) is 12.3 Å². The van der Waals surface area contributed by atoms with Gasteiger partial charge in [-0.05, 0) is 72.5 Å². The number of anilines is 3. The molecule has 0 aliphatic rings. The molecule has 3 aromatic rings. The van der Waals surface area contributed by atoms with Crippen LogP contribution in [0.15, 0.2) is 71.7 Å². The van der Waals surface area contributed by atoms with Gasteiger partial charge in [-0.25, -0.2) is 4.39 Å². The van der Waals surface area contributed by atoms with Gasteiger partial charge in [0.25, 0.3) is 0 Å². The van der Waals surface area contributed by atoms with Crippen molar-refractivity contribution in [2.45, 2.75) is 58.3 Å². The lowest BCUT2D eigenvalue weighted by Crippen LogP contribution is -2.11. The Hall–Kier alpha value is -3.34. The SMILES string of the molecule is CCCCCCCCCc1ccc(N=Cc2ccc(NNc3ccc(N(C)C)cc3)c(F)c2)cc1. The number of benzene rings is 3. The molecule has 4 nitrogen and oxygen atoms in total. The first-order valence-electron chi connectivity index (χ1n) is 12.8. The molecule has 0 saturated carbocycles. The van der Waals surface area contributed by atoms with E-state index < -0.39 is 0 Å². The molecule has 0 unspecified atom stereocenters. The summed E-state index contributed by atoms with van der Waals surface area (Å²) in [6.07, 6.45) is 12.1. The zero-order valence-electron chi connectivity index (χ0n) is 21.4. The lowest BCUT2D eigenvalue weighted by Gasteiger charge is -2.14. The second kappa shape index (κ2) is 14.1. The van der Waals surface area contributed by atoms with Crippen molar-refractivity contribution in [2.75, 3.05) is 29.8 Å². The third-order valence-electron chi connectivity index (χ3n) is 6.09. The largest absolute Gasteiger partial charge is 0.378 e. The Balaban J connectivity index is 1.45. The van der Waals surface area contributed by atoms with Gasteiger partial charge in [0.2, 0.25) is 0 Å². The van der Waals surface area contributed by atoms with Gasteiger partial charge in [0.1, 0.15) is 5.82 Å². The first-order valence-corrected chi connectivity index (χ1v) is 12.8. The van der Waals surface area contributed by atoms with Crippen LogP contribution in [0, 0.1) is 5.82 Å². The summed E-state index contributed by atoms with van der Waals surface area (Å²) in [5.74, 6) is -0.337. The molecule has 5 heteroatoms. The lowest BCUT2D eigenvalue weighted by molar-refractivity contribution is 0.589. The number of hydrogen-bond acceptors (Lipinski definition) is 4. The molecule has 186 valence electrons. The monoisotopic (exact) mass is 474 g/mol. The van der Waals surface area contributed by atoms with Crippen LogP contribution in [0.25, 0.3) is 0 Å². The number of nitrogens with one attached hydrogen (secondary N) is 2. The van der Waals surface area contributed by atoms with E-state index in [-0.39, 0.29) is 5.82 Å². The average Bonchev–Trinajstić information content (AvgIpc) is 2.87. The van der Waals surface area contributed by atoms with Crippen LogP contribution in [-0.4, -0.2) is 20.3 Å². The summed E-state index contributed by atoms with van der Waals surface area (Å²) in [7, 11) is 3.99. The Morgan fingerprint density at radius 3 is 2.14 bits per heavy atom. The topological polar surface area (TPSA) is 39.7 Å². The van der Waals surface area contributed by atoms with Crippen molar-refractivity contribution < 1.29 is 4.39 Å². The van der Waals surface area contributed by atoms with Crippen molar-refractivity contribution in [1.29, 1.82) is 0 Å². The summed E-state index contributed by atoms with van der Waals surface area (Å²) in [5, 5.41) is 0.